The summed E-state index contributed by atoms with van der Waals surface area (Å²) in [6.07, 6.45) is 0.692. The molecular weight excluding hydrogens is 172 g/mol. The van der Waals surface area contributed by atoms with E-state index in [9.17, 15) is 9.59 Å². The van der Waals surface area contributed by atoms with E-state index < -0.39 is 12.0 Å². The van der Waals surface area contributed by atoms with Gasteiger partial charge in [0.2, 0.25) is 5.91 Å². The third-order valence-electron chi connectivity index (χ3n) is 2.24. The summed E-state index contributed by atoms with van der Waals surface area (Å²) in [5, 5.41) is 8.80. The number of aliphatic carboxylic acids is 1. The van der Waals surface area contributed by atoms with E-state index in [4.69, 9.17) is 10.8 Å². The number of carboxylic acids is 1. The van der Waals surface area contributed by atoms with E-state index in [1.807, 2.05) is 0 Å². The third-order valence-corrected chi connectivity index (χ3v) is 2.24. The normalized spacial score (nSPS) is 27.7. The molecule has 0 aliphatic carbocycles. The summed E-state index contributed by atoms with van der Waals surface area (Å²) in [5.41, 5.74) is 5.59. The number of carbonyl (C=O) groups is 2. The fourth-order valence-electron chi connectivity index (χ4n) is 1.58. The van der Waals surface area contributed by atoms with Crippen LogP contribution in [-0.4, -0.2) is 40.5 Å². The highest BCUT2D eigenvalue weighted by molar-refractivity contribution is 5.84. The highest BCUT2D eigenvalue weighted by atomic mass is 16.4. The third kappa shape index (κ3) is 1.98. The molecule has 1 heterocycles. The minimum atomic E-state index is -0.963. The molecule has 13 heavy (non-hydrogen) atoms. The average molecular weight is 186 g/mol. The van der Waals surface area contributed by atoms with Crippen molar-refractivity contribution in [2.45, 2.75) is 31.8 Å². The van der Waals surface area contributed by atoms with Gasteiger partial charge in [-0.15, -0.1) is 0 Å². The van der Waals surface area contributed by atoms with Crippen LogP contribution in [0.4, 0.5) is 0 Å². The van der Waals surface area contributed by atoms with Gasteiger partial charge in [-0.2, -0.15) is 0 Å². The zero-order chi connectivity index (χ0) is 10.0. The van der Waals surface area contributed by atoms with Crippen molar-refractivity contribution >= 4 is 11.9 Å². The maximum Gasteiger partial charge on any atom is 0.326 e. The fraction of sp³-hybridized carbons (Fsp3) is 0.750. The number of hydrogen-bond donors (Lipinski definition) is 2. The van der Waals surface area contributed by atoms with Crippen LogP contribution < -0.4 is 5.73 Å². The van der Waals surface area contributed by atoms with Crippen LogP contribution in [0.1, 0.15) is 19.8 Å². The van der Waals surface area contributed by atoms with Gasteiger partial charge in [0.1, 0.15) is 6.04 Å². The minimum absolute atomic E-state index is 0.139. The Labute approximate surface area is 76.5 Å². The Kier molecular flexibility index (Phi) is 2.87. The molecule has 5 heteroatoms. The Morgan fingerprint density at radius 1 is 1.62 bits per heavy atom. The van der Waals surface area contributed by atoms with Crippen molar-refractivity contribution in [3.05, 3.63) is 0 Å². The minimum Gasteiger partial charge on any atom is -0.480 e. The first-order valence-corrected chi connectivity index (χ1v) is 4.34. The van der Waals surface area contributed by atoms with Crippen LogP contribution in [0.5, 0.6) is 0 Å². The van der Waals surface area contributed by atoms with Crippen molar-refractivity contribution in [3.8, 4) is 0 Å². The summed E-state index contributed by atoms with van der Waals surface area (Å²) in [5.74, 6) is -1.10. The molecule has 2 unspecified atom stereocenters. The second-order valence-corrected chi connectivity index (χ2v) is 3.25. The van der Waals surface area contributed by atoms with Crippen LogP contribution in [0.25, 0.3) is 0 Å². The molecular formula is C8H14N2O3. The SMILES string of the molecule is CCC(=O)N1CC(N)CC1C(=O)O. The molecule has 1 rings (SSSR count). The van der Waals surface area contributed by atoms with Crippen LogP contribution >= 0.6 is 0 Å². The van der Waals surface area contributed by atoms with E-state index in [1.165, 1.54) is 4.90 Å². The first-order chi connectivity index (χ1) is 6.06. The largest absolute Gasteiger partial charge is 0.480 e. The summed E-state index contributed by atoms with van der Waals surface area (Å²) in [7, 11) is 0. The van der Waals surface area contributed by atoms with Gasteiger partial charge in [-0.1, -0.05) is 6.92 Å². The average Bonchev–Trinajstić information content (AvgIpc) is 2.46. The van der Waals surface area contributed by atoms with Crippen LogP contribution in [-0.2, 0) is 9.59 Å². The van der Waals surface area contributed by atoms with Crippen molar-refractivity contribution in [1.82, 2.24) is 4.90 Å². The zero-order valence-electron chi connectivity index (χ0n) is 7.56. The molecule has 0 aromatic carbocycles. The van der Waals surface area contributed by atoms with Gasteiger partial charge in [-0.25, -0.2) is 4.79 Å². The van der Waals surface area contributed by atoms with Crippen molar-refractivity contribution < 1.29 is 14.7 Å². The first kappa shape index (κ1) is 9.98. The van der Waals surface area contributed by atoms with Gasteiger partial charge in [0.25, 0.3) is 0 Å². The first-order valence-electron chi connectivity index (χ1n) is 4.34. The molecule has 1 amide bonds. The monoisotopic (exact) mass is 186 g/mol. The van der Waals surface area contributed by atoms with E-state index in [0.29, 0.717) is 19.4 Å². The molecule has 3 N–H and O–H groups in total. The molecule has 1 fully saturated rings. The molecule has 0 radical (unpaired) electrons. The Balaban J connectivity index is 2.71. The van der Waals surface area contributed by atoms with Crippen LogP contribution in [0.15, 0.2) is 0 Å². The number of hydrogen-bond acceptors (Lipinski definition) is 3. The van der Waals surface area contributed by atoms with E-state index >= 15 is 0 Å². The lowest BCUT2D eigenvalue weighted by Crippen LogP contribution is -2.40. The van der Waals surface area contributed by atoms with E-state index in [0.717, 1.165) is 0 Å². The smallest absolute Gasteiger partial charge is 0.326 e. The predicted molar refractivity (Wildman–Crippen MR) is 46.0 cm³/mol. The number of likely N-dealkylation sites (tertiary alicyclic amines) is 1. The molecule has 5 nitrogen and oxygen atoms in total. The Morgan fingerprint density at radius 2 is 2.23 bits per heavy atom. The second-order valence-electron chi connectivity index (χ2n) is 3.25. The molecule has 0 aromatic rings. The molecule has 0 bridgehead atoms. The number of nitrogens with two attached hydrogens (primary N) is 1. The molecule has 0 aromatic heterocycles. The van der Waals surface area contributed by atoms with Gasteiger partial charge in [0.05, 0.1) is 0 Å². The highest BCUT2D eigenvalue weighted by Gasteiger charge is 2.37. The summed E-state index contributed by atoms with van der Waals surface area (Å²) < 4.78 is 0. The van der Waals surface area contributed by atoms with Gasteiger partial charge in [0.15, 0.2) is 0 Å². The molecule has 1 aliphatic heterocycles. The lowest BCUT2D eigenvalue weighted by molar-refractivity contribution is -0.148. The topological polar surface area (TPSA) is 83.6 Å². The van der Waals surface area contributed by atoms with Gasteiger partial charge in [0, 0.05) is 19.0 Å². The summed E-state index contributed by atoms with van der Waals surface area (Å²) in [4.78, 5) is 23.4. The maximum absolute atomic E-state index is 11.3. The second kappa shape index (κ2) is 3.74. The number of amides is 1. The maximum atomic E-state index is 11.3. The Morgan fingerprint density at radius 3 is 2.69 bits per heavy atom. The van der Waals surface area contributed by atoms with Crippen molar-refractivity contribution in [2.75, 3.05) is 6.54 Å². The molecule has 1 aliphatic rings. The lowest BCUT2D eigenvalue weighted by atomic mass is 10.2. The van der Waals surface area contributed by atoms with Gasteiger partial charge < -0.3 is 15.7 Å². The predicted octanol–water partition coefficient (Wildman–Crippen LogP) is -0.591. The van der Waals surface area contributed by atoms with Crippen LogP contribution in [0.2, 0.25) is 0 Å². The van der Waals surface area contributed by atoms with E-state index in [2.05, 4.69) is 0 Å². The van der Waals surface area contributed by atoms with Gasteiger partial charge in [-0.3, -0.25) is 4.79 Å². The van der Waals surface area contributed by atoms with Crippen molar-refractivity contribution in [2.24, 2.45) is 5.73 Å². The van der Waals surface area contributed by atoms with Crippen molar-refractivity contribution in [3.63, 3.8) is 0 Å². The lowest BCUT2D eigenvalue weighted by Gasteiger charge is -2.20. The van der Waals surface area contributed by atoms with Gasteiger partial charge >= 0.3 is 5.97 Å². The van der Waals surface area contributed by atoms with Crippen LogP contribution in [0.3, 0.4) is 0 Å². The standard InChI is InChI=1S/C8H14N2O3/c1-2-7(11)10-4-5(9)3-6(10)8(12)13/h5-6H,2-4,9H2,1H3,(H,12,13). The van der Waals surface area contributed by atoms with E-state index in [1.54, 1.807) is 6.92 Å². The Bertz CT molecular complexity index is 229. The Hall–Kier alpha value is -1.10. The summed E-state index contributed by atoms with van der Waals surface area (Å²) in [6, 6.07) is -0.918. The number of nitrogens with zero attached hydrogens (tertiary/aromatic N) is 1. The number of carboxylic acid groups (broad SMARTS) is 1. The van der Waals surface area contributed by atoms with E-state index in [-0.39, 0.29) is 11.9 Å². The molecule has 0 saturated carbocycles. The number of carbonyl (C=O) groups excluding carboxylic acids is 1. The summed E-state index contributed by atoms with van der Waals surface area (Å²) >= 11 is 0. The van der Waals surface area contributed by atoms with Crippen molar-refractivity contribution in [1.29, 1.82) is 0 Å². The number of rotatable bonds is 2. The molecule has 0 spiro atoms. The molecule has 2 atom stereocenters. The van der Waals surface area contributed by atoms with Gasteiger partial charge in [-0.05, 0) is 6.42 Å². The highest BCUT2D eigenvalue weighted by Crippen LogP contribution is 2.17. The zero-order valence-corrected chi connectivity index (χ0v) is 7.56. The quantitative estimate of drug-likeness (QED) is 0.603. The van der Waals surface area contributed by atoms with Crippen LogP contribution in [0, 0.1) is 0 Å². The molecule has 74 valence electrons. The molecule has 1 saturated heterocycles. The summed E-state index contributed by atoms with van der Waals surface area (Å²) in [6.45, 7) is 2.08. The fourth-order valence-corrected chi connectivity index (χ4v) is 1.58.